The van der Waals surface area contributed by atoms with Gasteiger partial charge in [0.2, 0.25) is 5.91 Å². The lowest BCUT2D eigenvalue weighted by molar-refractivity contribution is -0.126. The number of hydrogen-bond donors (Lipinski definition) is 1. The van der Waals surface area contributed by atoms with E-state index in [-0.39, 0.29) is 17.7 Å². The Bertz CT molecular complexity index is 562. The summed E-state index contributed by atoms with van der Waals surface area (Å²) in [5.74, 6) is -0.118. The zero-order valence-electron chi connectivity index (χ0n) is 15.3. The lowest BCUT2D eigenvalue weighted by Crippen LogP contribution is -2.45. The zero-order chi connectivity index (χ0) is 18.1. The quantitative estimate of drug-likeness (QED) is 0.681. The van der Waals surface area contributed by atoms with Gasteiger partial charge in [-0.3, -0.25) is 9.59 Å². The van der Waals surface area contributed by atoms with E-state index in [1.165, 1.54) is 24.2 Å². The highest BCUT2D eigenvalue weighted by Gasteiger charge is 2.29. The summed E-state index contributed by atoms with van der Waals surface area (Å²) in [7, 11) is 1.61. The molecule has 0 bridgehead atoms. The minimum Gasteiger partial charge on any atom is -0.378 e. The van der Waals surface area contributed by atoms with Gasteiger partial charge >= 0.3 is 0 Å². The summed E-state index contributed by atoms with van der Waals surface area (Å²) in [6.07, 6.45) is 6.28. The SMILES string of the molecule is CCCCCCNC(=O)C1CCCN(C(=O)c2csc(COC)n2)C1. The number of nitrogens with zero attached hydrogens (tertiary/aromatic N) is 2. The van der Waals surface area contributed by atoms with Crippen LogP contribution in [0.4, 0.5) is 0 Å². The highest BCUT2D eigenvalue weighted by atomic mass is 32.1. The third kappa shape index (κ3) is 6.08. The van der Waals surface area contributed by atoms with Crippen molar-refractivity contribution in [3.05, 3.63) is 16.1 Å². The van der Waals surface area contributed by atoms with E-state index in [4.69, 9.17) is 4.74 Å². The van der Waals surface area contributed by atoms with Crippen LogP contribution in [0.1, 0.15) is 60.9 Å². The third-order valence-electron chi connectivity index (χ3n) is 4.45. The molecule has 1 saturated heterocycles. The topological polar surface area (TPSA) is 71.5 Å². The van der Waals surface area contributed by atoms with Gasteiger partial charge in [-0.25, -0.2) is 4.98 Å². The van der Waals surface area contributed by atoms with E-state index in [9.17, 15) is 9.59 Å². The van der Waals surface area contributed by atoms with Crippen LogP contribution in [0.3, 0.4) is 0 Å². The summed E-state index contributed by atoms with van der Waals surface area (Å²) in [4.78, 5) is 31.0. The molecule has 1 aliphatic heterocycles. The van der Waals surface area contributed by atoms with Crippen LogP contribution < -0.4 is 5.32 Å². The monoisotopic (exact) mass is 367 g/mol. The van der Waals surface area contributed by atoms with E-state index >= 15 is 0 Å². The average molecular weight is 368 g/mol. The van der Waals surface area contributed by atoms with Gasteiger partial charge in [-0.05, 0) is 19.3 Å². The van der Waals surface area contributed by atoms with Gasteiger partial charge in [0.25, 0.3) is 5.91 Å². The van der Waals surface area contributed by atoms with E-state index in [2.05, 4.69) is 17.2 Å². The van der Waals surface area contributed by atoms with Crippen LogP contribution in [0, 0.1) is 5.92 Å². The zero-order valence-corrected chi connectivity index (χ0v) is 16.1. The fourth-order valence-corrected chi connectivity index (χ4v) is 3.78. The van der Waals surface area contributed by atoms with Crippen molar-refractivity contribution in [2.24, 2.45) is 5.92 Å². The molecule has 1 atom stereocenters. The van der Waals surface area contributed by atoms with Crippen molar-refractivity contribution < 1.29 is 14.3 Å². The first-order valence-corrected chi connectivity index (χ1v) is 10.0. The Balaban J connectivity index is 1.82. The van der Waals surface area contributed by atoms with E-state index in [1.807, 2.05) is 0 Å². The van der Waals surface area contributed by atoms with Crippen LogP contribution in [-0.2, 0) is 16.1 Å². The van der Waals surface area contributed by atoms with Crippen LogP contribution in [0.5, 0.6) is 0 Å². The van der Waals surface area contributed by atoms with Gasteiger partial charge in [-0.1, -0.05) is 26.2 Å². The molecule has 0 spiro atoms. The molecule has 0 aliphatic carbocycles. The number of likely N-dealkylation sites (tertiary alicyclic amines) is 1. The normalized spacial score (nSPS) is 17.5. The first-order chi connectivity index (χ1) is 12.2. The number of ether oxygens (including phenoxy) is 1. The van der Waals surface area contributed by atoms with Crippen LogP contribution in [0.25, 0.3) is 0 Å². The van der Waals surface area contributed by atoms with Crippen molar-refractivity contribution in [3.8, 4) is 0 Å². The number of unbranched alkanes of at least 4 members (excludes halogenated alkanes) is 3. The van der Waals surface area contributed by atoms with Gasteiger partial charge in [0, 0.05) is 32.1 Å². The molecule has 2 amide bonds. The molecule has 25 heavy (non-hydrogen) atoms. The number of hydrogen-bond acceptors (Lipinski definition) is 5. The predicted octanol–water partition coefficient (Wildman–Crippen LogP) is 2.84. The maximum Gasteiger partial charge on any atom is 0.273 e. The largest absolute Gasteiger partial charge is 0.378 e. The highest BCUT2D eigenvalue weighted by Crippen LogP contribution is 2.20. The van der Waals surface area contributed by atoms with Crippen molar-refractivity contribution in [1.82, 2.24) is 15.2 Å². The molecule has 0 aromatic carbocycles. The molecule has 0 saturated carbocycles. The Hall–Kier alpha value is -1.47. The van der Waals surface area contributed by atoms with Gasteiger partial charge in [0.15, 0.2) is 0 Å². The standard InChI is InChI=1S/C18H29N3O3S/c1-3-4-5-6-9-19-17(22)14-8-7-10-21(11-14)18(23)15-13-25-16(20-15)12-24-2/h13-14H,3-12H2,1-2H3,(H,19,22). The summed E-state index contributed by atoms with van der Waals surface area (Å²) in [6.45, 7) is 4.50. The third-order valence-corrected chi connectivity index (χ3v) is 5.27. The summed E-state index contributed by atoms with van der Waals surface area (Å²) < 4.78 is 5.05. The number of amides is 2. The Kier molecular flexibility index (Phi) is 8.34. The lowest BCUT2D eigenvalue weighted by Gasteiger charge is -2.31. The van der Waals surface area contributed by atoms with Crippen molar-refractivity contribution in [1.29, 1.82) is 0 Å². The lowest BCUT2D eigenvalue weighted by atomic mass is 9.97. The fourth-order valence-electron chi connectivity index (χ4n) is 3.04. The van der Waals surface area contributed by atoms with E-state index in [0.29, 0.717) is 25.4 Å². The molecular formula is C18H29N3O3S. The summed E-state index contributed by atoms with van der Waals surface area (Å²) in [5, 5.41) is 5.59. The molecule has 1 aromatic heterocycles. The minimum atomic E-state index is -0.110. The highest BCUT2D eigenvalue weighted by molar-refractivity contribution is 7.09. The Morgan fingerprint density at radius 1 is 1.40 bits per heavy atom. The van der Waals surface area contributed by atoms with Crippen molar-refractivity contribution >= 4 is 23.2 Å². The molecule has 2 heterocycles. The molecular weight excluding hydrogens is 338 g/mol. The van der Waals surface area contributed by atoms with Crippen LogP contribution >= 0.6 is 11.3 Å². The minimum absolute atomic E-state index is 0.0762. The second-order valence-corrected chi connectivity index (χ2v) is 7.44. The number of methoxy groups -OCH3 is 1. The molecule has 1 unspecified atom stereocenters. The number of rotatable bonds is 9. The van der Waals surface area contributed by atoms with Crippen molar-refractivity contribution in [3.63, 3.8) is 0 Å². The maximum absolute atomic E-state index is 12.6. The van der Waals surface area contributed by atoms with Gasteiger partial charge in [-0.2, -0.15) is 0 Å². The second-order valence-electron chi connectivity index (χ2n) is 6.50. The molecule has 1 fully saturated rings. The predicted molar refractivity (Wildman–Crippen MR) is 98.6 cm³/mol. The van der Waals surface area contributed by atoms with Crippen molar-refractivity contribution in [2.45, 2.75) is 52.1 Å². The Labute approximate surface area is 154 Å². The maximum atomic E-state index is 12.6. The van der Waals surface area contributed by atoms with E-state index in [1.54, 1.807) is 17.4 Å². The number of aromatic nitrogens is 1. The number of thiazole rings is 1. The summed E-state index contributed by atoms with van der Waals surface area (Å²) >= 11 is 1.43. The fraction of sp³-hybridized carbons (Fsp3) is 0.722. The Morgan fingerprint density at radius 3 is 3.00 bits per heavy atom. The number of nitrogens with one attached hydrogen (secondary N) is 1. The molecule has 1 aromatic rings. The summed E-state index contributed by atoms with van der Waals surface area (Å²) in [6, 6.07) is 0. The van der Waals surface area contributed by atoms with E-state index < -0.39 is 0 Å². The van der Waals surface area contributed by atoms with E-state index in [0.717, 1.165) is 37.2 Å². The average Bonchev–Trinajstić information content (AvgIpc) is 3.10. The summed E-state index contributed by atoms with van der Waals surface area (Å²) in [5.41, 5.74) is 0.456. The van der Waals surface area contributed by atoms with Gasteiger partial charge in [-0.15, -0.1) is 11.3 Å². The Morgan fingerprint density at radius 2 is 2.24 bits per heavy atom. The first kappa shape index (κ1) is 19.8. The van der Waals surface area contributed by atoms with Crippen LogP contribution in [0.15, 0.2) is 5.38 Å². The van der Waals surface area contributed by atoms with Crippen molar-refractivity contribution in [2.75, 3.05) is 26.7 Å². The van der Waals surface area contributed by atoms with Gasteiger partial charge < -0.3 is 15.0 Å². The number of carbonyl (C=O) groups is 2. The molecule has 1 aliphatic rings. The molecule has 2 rings (SSSR count). The van der Waals surface area contributed by atoms with Gasteiger partial charge in [0.1, 0.15) is 10.7 Å². The first-order valence-electron chi connectivity index (χ1n) is 9.16. The second kappa shape index (κ2) is 10.5. The van der Waals surface area contributed by atoms with Crippen LogP contribution in [-0.4, -0.2) is 48.4 Å². The number of piperidine rings is 1. The molecule has 140 valence electrons. The number of carbonyl (C=O) groups excluding carboxylic acids is 2. The van der Waals surface area contributed by atoms with Crippen LogP contribution in [0.2, 0.25) is 0 Å². The van der Waals surface area contributed by atoms with Gasteiger partial charge in [0.05, 0.1) is 12.5 Å². The molecule has 6 nitrogen and oxygen atoms in total. The molecule has 1 N–H and O–H groups in total. The molecule has 7 heteroatoms. The molecule has 0 radical (unpaired) electrons. The smallest absolute Gasteiger partial charge is 0.273 e.